The maximum Gasteiger partial charge on any atom is 0.328 e. The average molecular weight is 375 g/mol. The second kappa shape index (κ2) is 9.47. The SMILES string of the molecule is COC(=O)[C@H](Cc1ccc(OC)cc1)NC(=O)C=Cc1cc(F)ccc1F. The van der Waals surface area contributed by atoms with Gasteiger partial charge in [0.05, 0.1) is 14.2 Å². The maximum atomic E-state index is 13.6. The minimum absolute atomic E-state index is 0.0741. The van der Waals surface area contributed by atoms with Crippen molar-refractivity contribution >= 4 is 18.0 Å². The van der Waals surface area contributed by atoms with Crippen molar-refractivity contribution in [3.63, 3.8) is 0 Å². The van der Waals surface area contributed by atoms with Gasteiger partial charge >= 0.3 is 5.97 Å². The first-order valence-electron chi connectivity index (χ1n) is 8.07. The van der Waals surface area contributed by atoms with Crippen LogP contribution >= 0.6 is 0 Å². The van der Waals surface area contributed by atoms with Gasteiger partial charge in [-0.1, -0.05) is 12.1 Å². The zero-order valence-electron chi connectivity index (χ0n) is 14.9. The van der Waals surface area contributed by atoms with Gasteiger partial charge in [0, 0.05) is 18.1 Å². The number of hydrogen-bond donors (Lipinski definition) is 1. The van der Waals surface area contributed by atoms with Crippen LogP contribution in [0.5, 0.6) is 5.75 Å². The largest absolute Gasteiger partial charge is 0.497 e. The normalized spacial score (nSPS) is 11.9. The van der Waals surface area contributed by atoms with Crippen LogP contribution in [0.25, 0.3) is 6.08 Å². The van der Waals surface area contributed by atoms with E-state index >= 15 is 0 Å². The summed E-state index contributed by atoms with van der Waals surface area (Å²) in [4.78, 5) is 24.0. The van der Waals surface area contributed by atoms with Gasteiger partial charge in [-0.25, -0.2) is 13.6 Å². The van der Waals surface area contributed by atoms with E-state index in [0.717, 1.165) is 35.9 Å². The summed E-state index contributed by atoms with van der Waals surface area (Å²) in [5.41, 5.74) is 0.710. The number of nitrogens with one attached hydrogen (secondary N) is 1. The Hall–Kier alpha value is -3.22. The molecule has 2 aromatic rings. The molecular formula is C20H19F2NO4. The third-order valence-corrected chi connectivity index (χ3v) is 3.77. The van der Waals surface area contributed by atoms with Gasteiger partial charge in [-0.2, -0.15) is 0 Å². The van der Waals surface area contributed by atoms with Gasteiger partial charge in [0.1, 0.15) is 23.4 Å². The number of carbonyl (C=O) groups excluding carboxylic acids is 2. The molecular weight excluding hydrogens is 356 g/mol. The Morgan fingerprint density at radius 1 is 1.11 bits per heavy atom. The molecule has 7 heteroatoms. The topological polar surface area (TPSA) is 64.6 Å². The number of amides is 1. The van der Waals surface area contributed by atoms with Gasteiger partial charge in [-0.05, 0) is 42.0 Å². The van der Waals surface area contributed by atoms with Crippen LogP contribution < -0.4 is 10.1 Å². The molecule has 2 rings (SSSR count). The molecule has 5 nitrogen and oxygen atoms in total. The summed E-state index contributed by atoms with van der Waals surface area (Å²) in [6.07, 6.45) is 2.36. The second-order valence-corrected chi connectivity index (χ2v) is 5.64. The van der Waals surface area contributed by atoms with Crippen LogP contribution in [0.15, 0.2) is 48.5 Å². The molecule has 0 heterocycles. The lowest BCUT2D eigenvalue weighted by atomic mass is 10.1. The minimum Gasteiger partial charge on any atom is -0.497 e. The number of ether oxygens (including phenoxy) is 2. The molecule has 0 fully saturated rings. The minimum atomic E-state index is -0.932. The molecule has 0 saturated carbocycles. The molecule has 0 spiro atoms. The van der Waals surface area contributed by atoms with Crippen LogP contribution in [0.2, 0.25) is 0 Å². The Bertz CT molecular complexity index is 834. The van der Waals surface area contributed by atoms with E-state index < -0.39 is 29.6 Å². The number of rotatable bonds is 7. The number of methoxy groups -OCH3 is 2. The molecule has 0 bridgehead atoms. The number of halogens is 2. The van der Waals surface area contributed by atoms with E-state index in [-0.39, 0.29) is 12.0 Å². The highest BCUT2D eigenvalue weighted by atomic mass is 19.1. The van der Waals surface area contributed by atoms with Gasteiger partial charge in [0.15, 0.2) is 0 Å². The Morgan fingerprint density at radius 3 is 2.44 bits per heavy atom. The fourth-order valence-electron chi connectivity index (χ4n) is 2.36. The molecule has 27 heavy (non-hydrogen) atoms. The van der Waals surface area contributed by atoms with Gasteiger partial charge in [0.2, 0.25) is 5.91 Å². The third-order valence-electron chi connectivity index (χ3n) is 3.77. The summed E-state index contributed by atoms with van der Waals surface area (Å²) >= 11 is 0. The Labute approximate surface area is 155 Å². The first kappa shape index (κ1) is 20.1. The van der Waals surface area contributed by atoms with Crippen LogP contribution in [0.1, 0.15) is 11.1 Å². The van der Waals surface area contributed by atoms with Crippen molar-refractivity contribution in [2.75, 3.05) is 14.2 Å². The Balaban J connectivity index is 2.08. The molecule has 0 aliphatic carbocycles. The van der Waals surface area contributed by atoms with Crippen molar-refractivity contribution in [3.8, 4) is 5.75 Å². The molecule has 0 saturated heterocycles. The molecule has 0 radical (unpaired) electrons. The summed E-state index contributed by atoms with van der Waals surface area (Å²) in [7, 11) is 2.76. The van der Waals surface area contributed by atoms with Gasteiger partial charge in [-0.15, -0.1) is 0 Å². The number of hydrogen-bond acceptors (Lipinski definition) is 4. The van der Waals surface area contributed by atoms with Crippen LogP contribution in [0, 0.1) is 11.6 Å². The molecule has 1 N–H and O–H groups in total. The predicted octanol–water partition coefficient (Wildman–Crippen LogP) is 2.89. The van der Waals surface area contributed by atoms with Crippen molar-refractivity contribution in [3.05, 3.63) is 71.3 Å². The monoisotopic (exact) mass is 375 g/mol. The van der Waals surface area contributed by atoms with Crippen molar-refractivity contribution in [1.29, 1.82) is 0 Å². The highest BCUT2D eigenvalue weighted by Crippen LogP contribution is 2.14. The highest BCUT2D eigenvalue weighted by molar-refractivity contribution is 5.94. The van der Waals surface area contributed by atoms with E-state index in [2.05, 4.69) is 5.32 Å². The van der Waals surface area contributed by atoms with E-state index in [1.54, 1.807) is 31.4 Å². The van der Waals surface area contributed by atoms with Crippen LogP contribution in [-0.2, 0) is 20.7 Å². The van der Waals surface area contributed by atoms with Crippen molar-refractivity contribution in [2.24, 2.45) is 0 Å². The third kappa shape index (κ3) is 5.91. The van der Waals surface area contributed by atoms with Crippen molar-refractivity contribution in [2.45, 2.75) is 12.5 Å². The lowest BCUT2D eigenvalue weighted by Gasteiger charge is -2.15. The van der Waals surface area contributed by atoms with Crippen molar-refractivity contribution in [1.82, 2.24) is 5.32 Å². The zero-order valence-corrected chi connectivity index (χ0v) is 14.9. The number of esters is 1. The fourth-order valence-corrected chi connectivity index (χ4v) is 2.36. The zero-order chi connectivity index (χ0) is 19.8. The Kier molecular flexibility index (Phi) is 7.05. The highest BCUT2D eigenvalue weighted by Gasteiger charge is 2.21. The first-order valence-corrected chi connectivity index (χ1v) is 8.07. The molecule has 0 aliphatic rings. The fraction of sp³-hybridized carbons (Fsp3) is 0.200. The molecule has 1 amide bonds. The van der Waals surface area contributed by atoms with E-state index in [0.29, 0.717) is 5.75 Å². The maximum absolute atomic E-state index is 13.6. The molecule has 0 aliphatic heterocycles. The quantitative estimate of drug-likeness (QED) is 0.597. The predicted molar refractivity (Wildman–Crippen MR) is 96.0 cm³/mol. The average Bonchev–Trinajstić information content (AvgIpc) is 2.68. The van der Waals surface area contributed by atoms with E-state index in [1.807, 2.05) is 0 Å². The Morgan fingerprint density at radius 2 is 1.81 bits per heavy atom. The summed E-state index contributed by atoms with van der Waals surface area (Å²) < 4.78 is 36.5. The smallest absolute Gasteiger partial charge is 0.328 e. The number of benzene rings is 2. The lowest BCUT2D eigenvalue weighted by Crippen LogP contribution is -2.42. The number of carbonyl (C=O) groups is 2. The van der Waals surface area contributed by atoms with Gasteiger partial charge in [-0.3, -0.25) is 4.79 Å². The molecule has 0 unspecified atom stereocenters. The van der Waals surface area contributed by atoms with Crippen LogP contribution in [0.3, 0.4) is 0 Å². The second-order valence-electron chi connectivity index (χ2n) is 5.64. The van der Waals surface area contributed by atoms with Gasteiger partial charge in [0.25, 0.3) is 0 Å². The van der Waals surface area contributed by atoms with Gasteiger partial charge < -0.3 is 14.8 Å². The standard InChI is InChI=1S/C20H19F2NO4/c1-26-16-7-3-13(4-8-16)11-18(20(25)27-2)23-19(24)10-5-14-12-15(21)6-9-17(14)22/h3-10,12,18H,11H2,1-2H3,(H,23,24)/t18-/m0/s1. The van der Waals surface area contributed by atoms with E-state index in [1.165, 1.54) is 7.11 Å². The van der Waals surface area contributed by atoms with Crippen LogP contribution in [0.4, 0.5) is 8.78 Å². The molecule has 1 atom stereocenters. The summed E-state index contributed by atoms with van der Waals surface area (Å²) in [5, 5.41) is 2.50. The summed E-state index contributed by atoms with van der Waals surface area (Å²) in [6.45, 7) is 0. The summed E-state index contributed by atoms with van der Waals surface area (Å²) in [5.74, 6) is -1.88. The van der Waals surface area contributed by atoms with E-state index in [9.17, 15) is 18.4 Å². The molecule has 0 aromatic heterocycles. The molecule has 142 valence electrons. The lowest BCUT2D eigenvalue weighted by molar-refractivity contribution is -0.144. The molecule has 2 aromatic carbocycles. The first-order chi connectivity index (χ1) is 12.9. The van der Waals surface area contributed by atoms with Crippen molar-refractivity contribution < 1.29 is 27.8 Å². The summed E-state index contributed by atoms with van der Waals surface area (Å²) in [6, 6.07) is 8.98. The van der Waals surface area contributed by atoms with E-state index in [4.69, 9.17) is 9.47 Å². The van der Waals surface area contributed by atoms with Crippen LogP contribution in [-0.4, -0.2) is 32.1 Å².